The molecule has 0 saturated heterocycles. The van der Waals surface area contributed by atoms with Gasteiger partial charge in [0.25, 0.3) is 0 Å². The summed E-state index contributed by atoms with van der Waals surface area (Å²) in [4.78, 5) is 16.6. The van der Waals surface area contributed by atoms with Crippen LogP contribution in [-0.2, 0) is 9.47 Å². The van der Waals surface area contributed by atoms with Crippen LogP contribution in [-0.4, -0.2) is 28.7 Å². The van der Waals surface area contributed by atoms with Crippen LogP contribution in [0.25, 0.3) is 11.4 Å². The summed E-state index contributed by atoms with van der Waals surface area (Å²) in [6.07, 6.45) is -0.603. The van der Waals surface area contributed by atoms with Crippen LogP contribution in [0.3, 0.4) is 0 Å². The van der Waals surface area contributed by atoms with Crippen molar-refractivity contribution in [1.29, 1.82) is 0 Å². The predicted octanol–water partition coefficient (Wildman–Crippen LogP) is 3.87. The quantitative estimate of drug-likeness (QED) is 0.750. The molecule has 0 bridgehead atoms. The van der Waals surface area contributed by atoms with Gasteiger partial charge in [0.15, 0.2) is 17.3 Å². The summed E-state index contributed by atoms with van der Waals surface area (Å²) in [5.41, 5.74) is 0.482. The van der Waals surface area contributed by atoms with E-state index >= 15 is 0 Å². The van der Waals surface area contributed by atoms with E-state index in [1.807, 2.05) is 0 Å². The molecule has 0 radical (unpaired) electrons. The summed E-state index contributed by atoms with van der Waals surface area (Å²) in [5.74, 6) is -2.48. The summed E-state index contributed by atoms with van der Waals surface area (Å²) >= 11 is 0. The number of imidazole rings is 1. The first-order valence-corrected chi connectivity index (χ1v) is 7.74. The Morgan fingerprint density at radius 3 is 2.62 bits per heavy atom. The number of aryl methyl sites for hydroxylation is 1. The Morgan fingerprint density at radius 1 is 1.29 bits per heavy atom. The highest BCUT2D eigenvalue weighted by molar-refractivity contribution is 5.90. The maximum Gasteiger partial charge on any atom is 0.356 e. The molecule has 0 saturated carbocycles. The van der Waals surface area contributed by atoms with Crippen molar-refractivity contribution in [3.63, 3.8) is 0 Å². The molecule has 0 aliphatic heterocycles. The van der Waals surface area contributed by atoms with Gasteiger partial charge in [0.1, 0.15) is 12.1 Å². The topological polar surface area (TPSA) is 53.3 Å². The van der Waals surface area contributed by atoms with Crippen molar-refractivity contribution in [2.75, 3.05) is 13.2 Å². The number of hydrogen-bond acceptors (Lipinski definition) is 4. The molecule has 7 heteroatoms. The van der Waals surface area contributed by atoms with Gasteiger partial charge in [-0.15, -0.1) is 0 Å². The molecule has 5 nitrogen and oxygen atoms in total. The lowest BCUT2D eigenvalue weighted by molar-refractivity contribution is 0.0195. The zero-order valence-corrected chi connectivity index (χ0v) is 14.1. The molecule has 1 atom stereocenters. The molecule has 2 rings (SSSR count). The van der Waals surface area contributed by atoms with Crippen LogP contribution < -0.4 is 0 Å². The van der Waals surface area contributed by atoms with E-state index in [1.165, 1.54) is 16.7 Å². The monoisotopic (exact) mass is 338 g/mol. The molecule has 1 unspecified atom stereocenters. The highest BCUT2D eigenvalue weighted by Crippen LogP contribution is 2.30. The molecule has 1 aromatic heterocycles. The summed E-state index contributed by atoms with van der Waals surface area (Å²) in [6.45, 7) is 7.37. The molecule has 1 heterocycles. The molecule has 0 N–H and O–H groups in total. The Kier molecular flexibility index (Phi) is 5.66. The van der Waals surface area contributed by atoms with E-state index in [-0.39, 0.29) is 23.7 Å². The molecular formula is C17H20F2N2O3. The standard InChI is InChI=1S/C17H20F2N2O3/c1-5-23-11(4)21-15(17(22)24-6-2)10(3)20-16(21)12-8-7-9-13(18)14(12)19/h7-9,11H,5-6H2,1-4H3. The number of nitrogens with zero attached hydrogens (tertiary/aromatic N) is 2. The maximum atomic E-state index is 14.2. The van der Waals surface area contributed by atoms with Gasteiger partial charge in [-0.05, 0) is 39.8 Å². The molecule has 2 aromatic rings. The largest absolute Gasteiger partial charge is 0.461 e. The van der Waals surface area contributed by atoms with Gasteiger partial charge in [-0.25, -0.2) is 18.6 Å². The van der Waals surface area contributed by atoms with Crippen LogP contribution in [0.4, 0.5) is 8.78 Å². The van der Waals surface area contributed by atoms with Gasteiger partial charge in [-0.2, -0.15) is 0 Å². The Balaban J connectivity index is 2.69. The van der Waals surface area contributed by atoms with E-state index in [4.69, 9.17) is 9.47 Å². The summed E-state index contributed by atoms with van der Waals surface area (Å²) in [5, 5.41) is 0. The highest BCUT2D eigenvalue weighted by atomic mass is 19.2. The smallest absolute Gasteiger partial charge is 0.356 e. The van der Waals surface area contributed by atoms with Crippen LogP contribution in [0.5, 0.6) is 0 Å². The van der Waals surface area contributed by atoms with Crippen molar-refractivity contribution in [2.24, 2.45) is 0 Å². The molecule has 0 amide bonds. The van der Waals surface area contributed by atoms with E-state index in [9.17, 15) is 13.6 Å². The van der Waals surface area contributed by atoms with Crippen LogP contribution in [0.2, 0.25) is 0 Å². The van der Waals surface area contributed by atoms with Gasteiger partial charge in [-0.1, -0.05) is 6.07 Å². The molecule has 24 heavy (non-hydrogen) atoms. The molecular weight excluding hydrogens is 318 g/mol. The Morgan fingerprint density at radius 2 is 2.00 bits per heavy atom. The zero-order chi connectivity index (χ0) is 17.9. The second-order valence-corrected chi connectivity index (χ2v) is 5.12. The molecule has 0 aliphatic rings. The fraction of sp³-hybridized carbons (Fsp3) is 0.412. The lowest BCUT2D eigenvalue weighted by Crippen LogP contribution is -2.19. The first-order valence-electron chi connectivity index (χ1n) is 7.74. The van der Waals surface area contributed by atoms with E-state index in [2.05, 4.69) is 4.98 Å². The number of ether oxygens (including phenoxy) is 2. The third-order valence-electron chi connectivity index (χ3n) is 3.52. The lowest BCUT2D eigenvalue weighted by atomic mass is 10.2. The van der Waals surface area contributed by atoms with Crippen LogP contribution >= 0.6 is 0 Å². The van der Waals surface area contributed by atoms with Gasteiger partial charge in [0.05, 0.1) is 17.9 Å². The van der Waals surface area contributed by atoms with Crippen molar-refractivity contribution in [3.8, 4) is 11.4 Å². The highest BCUT2D eigenvalue weighted by Gasteiger charge is 2.27. The van der Waals surface area contributed by atoms with Gasteiger partial charge in [0, 0.05) is 6.61 Å². The van der Waals surface area contributed by atoms with Gasteiger partial charge < -0.3 is 9.47 Å². The van der Waals surface area contributed by atoms with Crippen LogP contribution in [0.1, 0.15) is 43.2 Å². The maximum absolute atomic E-state index is 14.2. The minimum absolute atomic E-state index is 0.0415. The van der Waals surface area contributed by atoms with Crippen molar-refractivity contribution in [1.82, 2.24) is 9.55 Å². The average molecular weight is 338 g/mol. The molecule has 130 valence electrons. The van der Waals surface area contributed by atoms with Crippen LogP contribution in [0, 0.1) is 18.6 Å². The molecule has 0 spiro atoms. The first kappa shape index (κ1) is 18.1. The second-order valence-electron chi connectivity index (χ2n) is 5.12. The van der Waals surface area contributed by atoms with Crippen molar-refractivity contribution < 1.29 is 23.0 Å². The minimum Gasteiger partial charge on any atom is -0.461 e. The average Bonchev–Trinajstić information content (AvgIpc) is 2.88. The summed E-state index contributed by atoms with van der Waals surface area (Å²) in [7, 11) is 0. The van der Waals surface area contributed by atoms with Gasteiger partial charge in [0.2, 0.25) is 0 Å². The molecule has 1 aromatic carbocycles. The number of esters is 1. The van der Waals surface area contributed by atoms with Crippen molar-refractivity contribution in [3.05, 3.63) is 41.2 Å². The Bertz CT molecular complexity index is 744. The second kappa shape index (κ2) is 7.53. The van der Waals surface area contributed by atoms with E-state index in [0.717, 1.165) is 6.07 Å². The van der Waals surface area contributed by atoms with Crippen molar-refractivity contribution in [2.45, 2.75) is 33.9 Å². The van der Waals surface area contributed by atoms with Gasteiger partial charge in [-0.3, -0.25) is 4.57 Å². The first-order chi connectivity index (χ1) is 11.4. The minimum atomic E-state index is -1.03. The molecule has 0 fully saturated rings. The zero-order valence-electron chi connectivity index (χ0n) is 14.1. The van der Waals surface area contributed by atoms with E-state index in [1.54, 1.807) is 27.7 Å². The van der Waals surface area contributed by atoms with E-state index < -0.39 is 23.8 Å². The Labute approximate surface area is 139 Å². The Hall–Kier alpha value is -2.28. The number of carbonyl (C=O) groups excluding carboxylic acids is 1. The van der Waals surface area contributed by atoms with E-state index in [0.29, 0.717) is 12.3 Å². The van der Waals surface area contributed by atoms with Gasteiger partial charge >= 0.3 is 5.97 Å². The number of halogens is 2. The van der Waals surface area contributed by atoms with Crippen LogP contribution in [0.15, 0.2) is 18.2 Å². The number of rotatable bonds is 6. The normalized spacial score (nSPS) is 12.2. The predicted molar refractivity (Wildman–Crippen MR) is 84.6 cm³/mol. The fourth-order valence-corrected chi connectivity index (χ4v) is 2.53. The third-order valence-corrected chi connectivity index (χ3v) is 3.52. The summed E-state index contributed by atoms with van der Waals surface area (Å²) < 4.78 is 39.9. The number of aromatic nitrogens is 2. The number of carbonyl (C=O) groups is 1. The summed E-state index contributed by atoms with van der Waals surface area (Å²) in [6, 6.07) is 3.82. The SMILES string of the molecule is CCOC(=O)c1c(C)nc(-c2cccc(F)c2F)n1C(C)OCC. The number of hydrogen-bond donors (Lipinski definition) is 0. The van der Waals surface area contributed by atoms with Crippen molar-refractivity contribution >= 4 is 5.97 Å². The third kappa shape index (κ3) is 3.31. The number of benzene rings is 1. The lowest BCUT2D eigenvalue weighted by Gasteiger charge is -2.19. The fourth-order valence-electron chi connectivity index (χ4n) is 2.53. The molecule has 0 aliphatic carbocycles.